The summed E-state index contributed by atoms with van der Waals surface area (Å²) in [5.41, 5.74) is 0. The van der Waals surface area contributed by atoms with Crippen molar-refractivity contribution in [2.45, 2.75) is 38.0 Å². The SMILES string of the molecule is CCC(O)C(C)c1nc(CSC)no1. The first-order chi connectivity index (χ1) is 6.69. The van der Waals surface area contributed by atoms with Crippen molar-refractivity contribution in [1.82, 2.24) is 10.1 Å². The monoisotopic (exact) mass is 216 g/mol. The molecule has 0 aliphatic rings. The Morgan fingerprint density at radius 1 is 1.57 bits per heavy atom. The van der Waals surface area contributed by atoms with Gasteiger partial charge in [-0.25, -0.2) is 0 Å². The highest BCUT2D eigenvalue weighted by molar-refractivity contribution is 7.97. The molecule has 5 heteroatoms. The number of hydrogen-bond donors (Lipinski definition) is 1. The third kappa shape index (κ3) is 2.72. The van der Waals surface area contributed by atoms with Gasteiger partial charge in [0.25, 0.3) is 0 Å². The maximum atomic E-state index is 9.59. The predicted molar refractivity (Wildman–Crippen MR) is 56.2 cm³/mol. The number of hydrogen-bond acceptors (Lipinski definition) is 5. The fraction of sp³-hybridized carbons (Fsp3) is 0.778. The van der Waals surface area contributed by atoms with Crippen LogP contribution in [-0.4, -0.2) is 27.6 Å². The van der Waals surface area contributed by atoms with Crippen LogP contribution in [0, 0.1) is 0 Å². The maximum absolute atomic E-state index is 9.59. The van der Waals surface area contributed by atoms with Gasteiger partial charge in [0.15, 0.2) is 5.82 Å². The Morgan fingerprint density at radius 3 is 2.86 bits per heavy atom. The van der Waals surface area contributed by atoms with Gasteiger partial charge in [0.2, 0.25) is 5.89 Å². The number of nitrogens with zero attached hydrogens (tertiary/aromatic N) is 2. The second kappa shape index (κ2) is 5.36. The van der Waals surface area contributed by atoms with Crippen molar-refractivity contribution in [1.29, 1.82) is 0 Å². The van der Waals surface area contributed by atoms with Crippen LogP contribution in [0.5, 0.6) is 0 Å². The van der Waals surface area contributed by atoms with Crippen molar-refractivity contribution in [3.63, 3.8) is 0 Å². The fourth-order valence-electron chi connectivity index (χ4n) is 1.16. The molecule has 0 bridgehead atoms. The molecule has 80 valence electrons. The second-order valence-corrected chi connectivity index (χ2v) is 4.11. The highest BCUT2D eigenvalue weighted by Gasteiger charge is 2.20. The number of thioether (sulfide) groups is 1. The number of aliphatic hydroxyl groups is 1. The van der Waals surface area contributed by atoms with Gasteiger partial charge in [0.05, 0.1) is 17.8 Å². The molecule has 1 N–H and O–H groups in total. The molecule has 0 amide bonds. The Bertz CT molecular complexity index is 278. The van der Waals surface area contributed by atoms with Crippen molar-refractivity contribution in [2.75, 3.05) is 6.26 Å². The van der Waals surface area contributed by atoms with Crippen LogP contribution in [0.2, 0.25) is 0 Å². The van der Waals surface area contributed by atoms with Gasteiger partial charge in [-0.05, 0) is 12.7 Å². The Morgan fingerprint density at radius 2 is 2.29 bits per heavy atom. The molecule has 1 heterocycles. The van der Waals surface area contributed by atoms with E-state index in [1.165, 1.54) is 0 Å². The van der Waals surface area contributed by atoms with E-state index in [-0.39, 0.29) is 5.92 Å². The van der Waals surface area contributed by atoms with Gasteiger partial charge in [-0.3, -0.25) is 0 Å². The van der Waals surface area contributed by atoms with Crippen LogP contribution in [0.15, 0.2) is 4.52 Å². The summed E-state index contributed by atoms with van der Waals surface area (Å²) in [6.07, 6.45) is 2.28. The molecule has 1 aromatic rings. The fourth-order valence-corrected chi connectivity index (χ4v) is 1.53. The number of rotatable bonds is 5. The van der Waals surface area contributed by atoms with Gasteiger partial charge in [-0.2, -0.15) is 16.7 Å². The highest BCUT2D eigenvalue weighted by Crippen LogP contribution is 2.19. The largest absolute Gasteiger partial charge is 0.392 e. The number of aromatic nitrogens is 2. The molecule has 2 atom stereocenters. The molecule has 2 unspecified atom stereocenters. The summed E-state index contributed by atoms with van der Waals surface area (Å²) in [5.74, 6) is 1.90. The highest BCUT2D eigenvalue weighted by atomic mass is 32.2. The van der Waals surface area contributed by atoms with Crippen molar-refractivity contribution in [2.24, 2.45) is 0 Å². The van der Waals surface area contributed by atoms with E-state index in [4.69, 9.17) is 4.52 Å². The molecule has 1 aromatic heterocycles. The lowest BCUT2D eigenvalue weighted by Gasteiger charge is -2.11. The van der Waals surface area contributed by atoms with Crippen LogP contribution >= 0.6 is 11.8 Å². The van der Waals surface area contributed by atoms with Gasteiger partial charge in [0, 0.05) is 0 Å². The van der Waals surface area contributed by atoms with E-state index >= 15 is 0 Å². The summed E-state index contributed by atoms with van der Waals surface area (Å²) < 4.78 is 5.07. The molecule has 0 fully saturated rings. The van der Waals surface area contributed by atoms with Gasteiger partial charge in [0.1, 0.15) is 0 Å². The third-order valence-corrected chi connectivity index (χ3v) is 2.69. The quantitative estimate of drug-likeness (QED) is 0.813. The average molecular weight is 216 g/mol. The third-order valence-electron chi connectivity index (χ3n) is 2.14. The minimum absolute atomic E-state index is 0.0805. The molecule has 0 aliphatic heterocycles. The van der Waals surface area contributed by atoms with Crippen LogP contribution in [-0.2, 0) is 5.75 Å². The molecule has 1 rings (SSSR count). The van der Waals surface area contributed by atoms with Gasteiger partial charge >= 0.3 is 0 Å². The van der Waals surface area contributed by atoms with Gasteiger partial charge < -0.3 is 9.63 Å². The molecular formula is C9H16N2O2S. The van der Waals surface area contributed by atoms with Crippen LogP contribution in [0.3, 0.4) is 0 Å². The van der Waals surface area contributed by atoms with Crippen molar-refractivity contribution in [3.05, 3.63) is 11.7 Å². The first-order valence-corrected chi connectivity index (χ1v) is 6.07. The zero-order valence-electron chi connectivity index (χ0n) is 8.73. The van der Waals surface area contributed by atoms with Crippen LogP contribution in [0.4, 0.5) is 0 Å². The number of aliphatic hydroxyl groups excluding tert-OH is 1. The Balaban J connectivity index is 2.65. The van der Waals surface area contributed by atoms with Crippen LogP contribution in [0.1, 0.15) is 37.9 Å². The van der Waals surface area contributed by atoms with E-state index in [2.05, 4.69) is 10.1 Å². The molecule has 0 saturated heterocycles. The van der Waals surface area contributed by atoms with E-state index < -0.39 is 6.10 Å². The normalized spacial score (nSPS) is 15.4. The molecule has 0 aromatic carbocycles. The lowest BCUT2D eigenvalue weighted by Crippen LogP contribution is -2.14. The van der Waals surface area contributed by atoms with E-state index in [1.807, 2.05) is 20.1 Å². The summed E-state index contributed by atoms with van der Waals surface area (Å²) in [5, 5.41) is 13.4. The van der Waals surface area contributed by atoms with Crippen molar-refractivity contribution < 1.29 is 9.63 Å². The first kappa shape index (κ1) is 11.5. The minimum atomic E-state index is -0.405. The second-order valence-electron chi connectivity index (χ2n) is 3.25. The van der Waals surface area contributed by atoms with Crippen molar-refractivity contribution >= 4 is 11.8 Å². The standard InChI is InChI=1S/C9H16N2O2S/c1-4-7(12)6(2)9-10-8(5-14-3)11-13-9/h6-7,12H,4-5H2,1-3H3. The zero-order valence-corrected chi connectivity index (χ0v) is 9.54. The summed E-state index contributed by atoms with van der Waals surface area (Å²) in [4.78, 5) is 4.21. The Kier molecular flexibility index (Phi) is 4.41. The lowest BCUT2D eigenvalue weighted by atomic mass is 10.0. The summed E-state index contributed by atoms with van der Waals surface area (Å²) >= 11 is 1.65. The predicted octanol–water partition coefficient (Wildman–Crippen LogP) is 1.81. The van der Waals surface area contributed by atoms with Gasteiger partial charge in [-0.1, -0.05) is 19.0 Å². The Hall–Kier alpha value is -0.550. The lowest BCUT2D eigenvalue weighted by molar-refractivity contribution is 0.129. The zero-order chi connectivity index (χ0) is 10.6. The van der Waals surface area contributed by atoms with E-state index in [9.17, 15) is 5.11 Å². The maximum Gasteiger partial charge on any atom is 0.232 e. The molecule has 0 saturated carbocycles. The van der Waals surface area contributed by atoms with E-state index in [0.29, 0.717) is 18.1 Å². The smallest absolute Gasteiger partial charge is 0.232 e. The van der Waals surface area contributed by atoms with Crippen LogP contribution < -0.4 is 0 Å². The minimum Gasteiger partial charge on any atom is -0.392 e. The van der Waals surface area contributed by atoms with E-state index in [1.54, 1.807) is 11.8 Å². The first-order valence-electron chi connectivity index (χ1n) is 4.68. The molecule has 0 spiro atoms. The summed E-state index contributed by atoms with van der Waals surface area (Å²) in [6, 6.07) is 0. The molecule has 0 aliphatic carbocycles. The molecule has 0 radical (unpaired) electrons. The summed E-state index contributed by atoms with van der Waals surface area (Å²) in [6.45, 7) is 3.82. The van der Waals surface area contributed by atoms with Crippen molar-refractivity contribution in [3.8, 4) is 0 Å². The molecule has 14 heavy (non-hydrogen) atoms. The van der Waals surface area contributed by atoms with Gasteiger partial charge in [-0.15, -0.1) is 0 Å². The van der Waals surface area contributed by atoms with Crippen LogP contribution in [0.25, 0.3) is 0 Å². The van der Waals surface area contributed by atoms with E-state index in [0.717, 1.165) is 5.75 Å². The molecule has 4 nitrogen and oxygen atoms in total. The average Bonchev–Trinajstić information content (AvgIpc) is 2.64. The summed E-state index contributed by atoms with van der Waals surface area (Å²) in [7, 11) is 0. The topological polar surface area (TPSA) is 59.2 Å². The molecular weight excluding hydrogens is 200 g/mol. The Labute approximate surface area is 88.1 Å².